The van der Waals surface area contributed by atoms with Gasteiger partial charge in [-0.3, -0.25) is 4.79 Å². The predicted molar refractivity (Wildman–Crippen MR) is 58.1 cm³/mol. The van der Waals surface area contributed by atoms with E-state index in [1.54, 1.807) is 0 Å². The lowest BCUT2D eigenvalue weighted by Crippen LogP contribution is -2.49. The van der Waals surface area contributed by atoms with Crippen LogP contribution in [0, 0.1) is 5.92 Å². The van der Waals surface area contributed by atoms with Crippen LogP contribution in [0.2, 0.25) is 0 Å². The van der Waals surface area contributed by atoms with Crippen molar-refractivity contribution in [2.45, 2.75) is 52.1 Å². The molecule has 1 amide bonds. The van der Waals surface area contributed by atoms with Gasteiger partial charge in [0, 0.05) is 12.6 Å². The molecule has 1 aliphatic rings. The lowest BCUT2D eigenvalue weighted by Gasteiger charge is -2.29. The average Bonchev–Trinajstić information content (AvgIpc) is 2.06. The van der Waals surface area contributed by atoms with Gasteiger partial charge < -0.3 is 10.6 Å². The molecule has 0 aromatic carbocycles. The Labute approximate surface area is 86.6 Å². The third-order valence-electron chi connectivity index (χ3n) is 2.67. The predicted octanol–water partition coefficient (Wildman–Crippen LogP) is 1.29. The number of nitrogens with one attached hydrogen (secondary N) is 2. The lowest BCUT2D eigenvalue weighted by atomic mass is 9.92. The van der Waals surface area contributed by atoms with E-state index in [1.165, 1.54) is 19.3 Å². The van der Waals surface area contributed by atoms with Gasteiger partial charge in [0.2, 0.25) is 5.91 Å². The van der Waals surface area contributed by atoms with Crippen molar-refractivity contribution in [2.24, 2.45) is 5.92 Å². The van der Waals surface area contributed by atoms with Crippen LogP contribution in [0.1, 0.15) is 40.0 Å². The highest BCUT2D eigenvalue weighted by Gasteiger charge is 2.22. The van der Waals surface area contributed by atoms with Crippen LogP contribution in [0.5, 0.6) is 0 Å². The number of carbonyl (C=O) groups excluding carboxylic acids is 1. The molecule has 1 atom stereocenters. The summed E-state index contributed by atoms with van der Waals surface area (Å²) in [5.41, 5.74) is 0. The second kappa shape index (κ2) is 5.35. The molecular formula is C11H22N2O. The maximum Gasteiger partial charge on any atom is 0.236 e. The molecule has 1 aliphatic carbocycles. The van der Waals surface area contributed by atoms with Crippen molar-refractivity contribution >= 4 is 5.91 Å². The summed E-state index contributed by atoms with van der Waals surface area (Å²) < 4.78 is 0. The van der Waals surface area contributed by atoms with Crippen LogP contribution in [0.25, 0.3) is 0 Å². The standard InChI is InChI=1S/C11H22N2O/c1-8(2)7-12-11(14)9(3)13-10-5-4-6-10/h8-10,13H,4-7H2,1-3H3,(H,12,14). The Kier molecular flexibility index (Phi) is 4.39. The average molecular weight is 198 g/mol. The van der Waals surface area contributed by atoms with Gasteiger partial charge in [-0.05, 0) is 25.7 Å². The summed E-state index contributed by atoms with van der Waals surface area (Å²) in [6.07, 6.45) is 3.75. The summed E-state index contributed by atoms with van der Waals surface area (Å²) in [4.78, 5) is 11.5. The van der Waals surface area contributed by atoms with Crippen LogP contribution in [-0.4, -0.2) is 24.5 Å². The van der Waals surface area contributed by atoms with Crippen molar-refractivity contribution in [2.75, 3.05) is 6.54 Å². The van der Waals surface area contributed by atoms with Gasteiger partial charge >= 0.3 is 0 Å². The van der Waals surface area contributed by atoms with Crippen molar-refractivity contribution in [1.82, 2.24) is 10.6 Å². The summed E-state index contributed by atoms with van der Waals surface area (Å²) in [6.45, 7) is 6.91. The lowest BCUT2D eigenvalue weighted by molar-refractivity contribution is -0.123. The maximum absolute atomic E-state index is 11.5. The van der Waals surface area contributed by atoms with Gasteiger partial charge in [0.15, 0.2) is 0 Å². The molecule has 0 aliphatic heterocycles. The first-order valence-electron chi connectivity index (χ1n) is 5.63. The largest absolute Gasteiger partial charge is 0.354 e. The molecule has 0 spiro atoms. The van der Waals surface area contributed by atoms with Crippen molar-refractivity contribution in [3.63, 3.8) is 0 Å². The van der Waals surface area contributed by atoms with Gasteiger partial charge in [-0.25, -0.2) is 0 Å². The molecule has 0 heterocycles. The summed E-state index contributed by atoms with van der Waals surface area (Å²) in [6, 6.07) is 0.536. The van der Waals surface area contributed by atoms with Crippen molar-refractivity contribution in [1.29, 1.82) is 0 Å². The Hall–Kier alpha value is -0.570. The van der Waals surface area contributed by atoms with Crippen molar-refractivity contribution in [3.8, 4) is 0 Å². The van der Waals surface area contributed by atoms with Crippen LogP contribution in [0.4, 0.5) is 0 Å². The first-order valence-corrected chi connectivity index (χ1v) is 5.63. The summed E-state index contributed by atoms with van der Waals surface area (Å²) in [5, 5.41) is 6.26. The third-order valence-corrected chi connectivity index (χ3v) is 2.67. The van der Waals surface area contributed by atoms with E-state index in [-0.39, 0.29) is 11.9 Å². The Morgan fingerprint density at radius 2 is 2.00 bits per heavy atom. The van der Waals surface area contributed by atoms with Crippen LogP contribution in [0.3, 0.4) is 0 Å². The first kappa shape index (κ1) is 11.5. The van der Waals surface area contributed by atoms with Crippen LogP contribution in [0.15, 0.2) is 0 Å². The molecule has 1 unspecified atom stereocenters. The summed E-state index contributed by atoms with van der Waals surface area (Å²) in [5.74, 6) is 0.653. The number of carbonyl (C=O) groups is 1. The molecule has 3 heteroatoms. The highest BCUT2D eigenvalue weighted by atomic mass is 16.2. The molecule has 82 valence electrons. The molecule has 0 saturated heterocycles. The molecule has 0 aromatic rings. The van der Waals surface area contributed by atoms with E-state index in [0.717, 1.165) is 6.54 Å². The minimum absolute atomic E-state index is 0.0425. The molecule has 0 bridgehead atoms. The van der Waals surface area contributed by atoms with Gasteiger partial charge in [-0.15, -0.1) is 0 Å². The van der Waals surface area contributed by atoms with E-state index >= 15 is 0 Å². The van der Waals surface area contributed by atoms with E-state index in [1.807, 2.05) is 6.92 Å². The molecule has 0 radical (unpaired) electrons. The first-order chi connectivity index (χ1) is 6.59. The van der Waals surface area contributed by atoms with Crippen LogP contribution < -0.4 is 10.6 Å². The number of hydrogen-bond donors (Lipinski definition) is 2. The normalized spacial score (nSPS) is 19.1. The smallest absolute Gasteiger partial charge is 0.236 e. The van der Waals surface area contributed by atoms with E-state index in [0.29, 0.717) is 12.0 Å². The van der Waals surface area contributed by atoms with Gasteiger partial charge in [0.05, 0.1) is 6.04 Å². The van der Waals surface area contributed by atoms with Gasteiger partial charge in [0.1, 0.15) is 0 Å². The molecule has 0 aromatic heterocycles. The molecule has 1 saturated carbocycles. The summed E-state index contributed by atoms with van der Waals surface area (Å²) >= 11 is 0. The second-order valence-corrected chi connectivity index (χ2v) is 4.66. The molecular weight excluding hydrogens is 176 g/mol. The topological polar surface area (TPSA) is 41.1 Å². The fourth-order valence-electron chi connectivity index (χ4n) is 1.46. The fourth-order valence-corrected chi connectivity index (χ4v) is 1.46. The third kappa shape index (κ3) is 3.66. The Morgan fingerprint density at radius 3 is 2.43 bits per heavy atom. The van der Waals surface area contributed by atoms with Gasteiger partial charge in [-0.1, -0.05) is 20.3 Å². The Balaban J connectivity index is 2.14. The van der Waals surface area contributed by atoms with Crippen LogP contribution >= 0.6 is 0 Å². The molecule has 2 N–H and O–H groups in total. The summed E-state index contributed by atoms with van der Waals surface area (Å²) in [7, 11) is 0. The quantitative estimate of drug-likeness (QED) is 0.699. The SMILES string of the molecule is CC(C)CNC(=O)C(C)NC1CCC1. The minimum Gasteiger partial charge on any atom is -0.354 e. The highest BCUT2D eigenvalue weighted by Crippen LogP contribution is 2.18. The van der Waals surface area contributed by atoms with Crippen LogP contribution in [-0.2, 0) is 4.79 Å². The zero-order chi connectivity index (χ0) is 10.6. The van der Waals surface area contributed by atoms with E-state index in [4.69, 9.17) is 0 Å². The fraction of sp³-hybridized carbons (Fsp3) is 0.909. The molecule has 1 rings (SSSR count). The molecule has 3 nitrogen and oxygen atoms in total. The van der Waals surface area contributed by atoms with E-state index in [9.17, 15) is 4.79 Å². The number of hydrogen-bond acceptors (Lipinski definition) is 2. The minimum atomic E-state index is -0.0425. The maximum atomic E-state index is 11.5. The van der Waals surface area contributed by atoms with Crippen molar-refractivity contribution < 1.29 is 4.79 Å². The molecule has 1 fully saturated rings. The zero-order valence-corrected chi connectivity index (χ0v) is 9.47. The highest BCUT2D eigenvalue weighted by molar-refractivity contribution is 5.81. The van der Waals surface area contributed by atoms with Gasteiger partial charge in [0.25, 0.3) is 0 Å². The number of amides is 1. The Morgan fingerprint density at radius 1 is 1.36 bits per heavy atom. The van der Waals surface area contributed by atoms with E-state index < -0.39 is 0 Å². The monoisotopic (exact) mass is 198 g/mol. The van der Waals surface area contributed by atoms with Gasteiger partial charge in [-0.2, -0.15) is 0 Å². The number of rotatable bonds is 5. The second-order valence-electron chi connectivity index (χ2n) is 4.66. The van der Waals surface area contributed by atoms with Crippen molar-refractivity contribution in [3.05, 3.63) is 0 Å². The van der Waals surface area contributed by atoms with E-state index in [2.05, 4.69) is 24.5 Å². The Bertz CT molecular complexity index is 188. The zero-order valence-electron chi connectivity index (χ0n) is 9.47. The molecule has 14 heavy (non-hydrogen) atoms.